The van der Waals surface area contributed by atoms with E-state index in [9.17, 15) is 0 Å². The van der Waals surface area contributed by atoms with E-state index in [0.717, 1.165) is 0 Å². The Balaban J connectivity index is 2.20. The predicted molar refractivity (Wildman–Crippen MR) is 41.9 cm³/mol. The molecule has 0 bridgehead atoms. The van der Waals surface area contributed by atoms with Crippen molar-refractivity contribution < 1.29 is 4.74 Å². The molecule has 0 saturated heterocycles. The molecule has 0 aromatic carbocycles. The third-order valence-corrected chi connectivity index (χ3v) is 2.25. The SMILES string of the molecule is C1=CN(c2cccs2)CO1. The fraction of sp³-hybridized carbons (Fsp3) is 0.143. The number of hydrogen-bond acceptors (Lipinski definition) is 3. The summed E-state index contributed by atoms with van der Waals surface area (Å²) in [6.07, 6.45) is 3.64. The van der Waals surface area contributed by atoms with Crippen LogP contribution in [-0.2, 0) is 4.74 Å². The lowest BCUT2D eigenvalue weighted by atomic mass is 10.6. The third kappa shape index (κ3) is 0.885. The molecule has 0 spiro atoms. The van der Waals surface area contributed by atoms with Crippen molar-refractivity contribution >= 4 is 16.3 Å². The highest BCUT2D eigenvalue weighted by Gasteiger charge is 2.06. The molecule has 1 aliphatic heterocycles. The van der Waals surface area contributed by atoms with Gasteiger partial charge in [-0.1, -0.05) is 0 Å². The second-order valence-electron chi connectivity index (χ2n) is 2.00. The van der Waals surface area contributed by atoms with Crippen molar-refractivity contribution in [3.05, 3.63) is 30.0 Å². The molecule has 0 N–H and O–H groups in total. The molecule has 2 nitrogen and oxygen atoms in total. The second kappa shape index (κ2) is 2.34. The summed E-state index contributed by atoms with van der Waals surface area (Å²) in [5, 5.41) is 3.29. The molecule has 1 aliphatic rings. The smallest absolute Gasteiger partial charge is 0.165 e. The van der Waals surface area contributed by atoms with Gasteiger partial charge < -0.3 is 9.64 Å². The third-order valence-electron chi connectivity index (χ3n) is 1.34. The van der Waals surface area contributed by atoms with E-state index < -0.39 is 0 Å². The van der Waals surface area contributed by atoms with Crippen molar-refractivity contribution in [3.63, 3.8) is 0 Å². The van der Waals surface area contributed by atoms with Gasteiger partial charge in [0.25, 0.3) is 0 Å². The van der Waals surface area contributed by atoms with Crippen molar-refractivity contribution in [3.8, 4) is 0 Å². The first kappa shape index (κ1) is 5.80. The van der Waals surface area contributed by atoms with E-state index >= 15 is 0 Å². The zero-order valence-corrected chi connectivity index (χ0v) is 6.17. The van der Waals surface area contributed by atoms with E-state index in [1.54, 1.807) is 17.6 Å². The topological polar surface area (TPSA) is 12.5 Å². The zero-order valence-electron chi connectivity index (χ0n) is 5.36. The largest absolute Gasteiger partial charge is 0.479 e. The summed E-state index contributed by atoms with van der Waals surface area (Å²) in [5.41, 5.74) is 0. The summed E-state index contributed by atoms with van der Waals surface area (Å²) in [6.45, 7) is 0.653. The molecule has 0 saturated carbocycles. The summed E-state index contributed by atoms with van der Waals surface area (Å²) < 4.78 is 5.03. The van der Waals surface area contributed by atoms with Gasteiger partial charge in [0.15, 0.2) is 6.73 Å². The summed E-state index contributed by atoms with van der Waals surface area (Å²) >= 11 is 1.71. The van der Waals surface area contributed by atoms with Gasteiger partial charge in [-0.3, -0.25) is 0 Å². The summed E-state index contributed by atoms with van der Waals surface area (Å²) in [4.78, 5) is 2.06. The summed E-state index contributed by atoms with van der Waals surface area (Å²) in [5.74, 6) is 0. The minimum absolute atomic E-state index is 0.653. The number of hydrogen-bond donors (Lipinski definition) is 0. The number of anilines is 1. The van der Waals surface area contributed by atoms with Crippen LogP contribution in [0, 0.1) is 0 Å². The Labute approximate surface area is 63.3 Å². The first-order valence-electron chi connectivity index (χ1n) is 3.05. The molecular weight excluding hydrogens is 146 g/mol. The highest BCUT2D eigenvalue weighted by molar-refractivity contribution is 7.14. The van der Waals surface area contributed by atoms with Gasteiger partial charge in [-0.2, -0.15) is 0 Å². The Kier molecular flexibility index (Phi) is 1.36. The second-order valence-corrected chi connectivity index (χ2v) is 2.93. The maximum atomic E-state index is 5.03. The molecule has 2 heterocycles. The van der Waals surface area contributed by atoms with Crippen LogP contribution in [-0.4, -0.2) is 6.73 Å². The quantitative estimate of drug-likeness (QED) is 0.612. The molecule has 0 fully saturated rings. The van der Waals surface area contributed by atoms with E-state index in [0.29, 0.717) is 6.73 Å². The average molecular weight is 153 g/mol. The van der Waals surface area contributed by atoms with Crippen LogP contribution in [0.3, 0.4) is 0 Å². The molecule has 1 aromatic rings. The van der Waals surface area contributed by atoms with Gasteiger partial charge in [0, 0.05) is 6.20 Å². The average Bonchev–Trinajstić information content (AvgIpc) is 2.59. The molecule has 0 aliphatic carbocycles. The maximum Gasteiger partial charge on any atom is 0.165 e. The van der Waals surface area contributed by atoms with Crippen molar-refractivity contribution in [2.24, 2.45) is 0 Å². The molecule has 0 atom stereocenters. The van der Waals surface area contributed by atoms with Gasteiger partial charge in [-0.25, -0.2) is 0 Å². The molecule has 1 aromatic heterocycles. The minimum Gasteiger partial charge on any atom is -0.479 e. The van der Waals surface area contributed by atoms with Gasteiger partial charge in [0.1, 0.15) is 6.26 Å². The highest BCUT2D eigenvalue weighted by atomic mass is 32.1. The molecule has 10 heavy (non-hydrogen) atoms. The lowest BCUT2D eigenvalue weighted by molar-refractivity contribution is 0.282. The van der Waals surface area contributed by atoms with E-state index in [2.05, 4.69) is 16.3 Å². The van der Waals surface area contributed by atoms with Crippen LogP contribution in [0.4, 0.5) is 5.00 Å². The fourth-order valence-electron chi connectivity index (χ4n) is 0.853. The van der Waals surface area contributed by atoms with E-state index in [-0.39, 0.29) is 0 Å². The lowest BCUT2D eigenvalue weighted by Gasteiger charge is -2.09. The Bertz CT molecular complexity index is 230. The number of ether oxygens (including phenoxy) is 1. The van der Waals surface area contributed by atoms with Crippen molar-refractivity contribution in [1.82, 2.24) is 0 Å². The predicted octanol–water partition coefficient (Wildman–Crippen LogP) is 2.01. The normalized spacial score (nSPS) is 15.8. The molecule has 3 heteroatoms. The monoisotopic (exact) mass is 153 g/mol. The van der Waals surface area contributed by atoms with Crippen molar-refractivity contribution in [2.75, 3.05) is 11.6 Å². The van der Waals surface area contributed by atoms with E-state index in [1.807, 2.05) is 12.3 Å². The van der Waals surface area contributed by atoms with Crippen LogP contribution in [0.1, 0.15) is 0 Å². The zero-order chi connectivity index (χ0) is 6.81. The Morgan fingerprint density at radius 2 is 2.60 bits per heavy atom. The summed E-state index contributed by atoms with van der Waals surface area (Å²) in [7, 11) is 0. The first-order chi connectivity index (χ1) is 4.97. The van der Waals surface area contributed by atoms with Gasteiger partial charge in [-0.05, 0) is 17.5 Å². The minimum atomic E-state index is 0.653. The van der Waals surface area contributed by atoms with Crippen LogP contribution < -0.4 is 4.90 Å². The van der Waals surface area contributed by atoms with Crippen LogP contribution >= 0.6 is 11.3 Å². The highest BCUT2D eigenvalue weighted by Crippen LogP contribution is 2.22. The number of thiophene rings is 1. The van der Waals surface area contributed by atoms with Crippen molar-refractivity contribution in [2.45, 2.75) is 0 Å². The standard InChI is InChI=1S/C7H7NOS/c1-2-7(10-5-1)8-3-4-9-6-8/h1-5H,6H2. The van der Waals surface area contributed by atoms with Crippen LogP contribution in [0.2, 0.25) is 0 Å². The number of nitrogens with zero attached hydrogens (tertiary/aromatic N) is 1. The fourth-order valence-corrected chi connectivity index (χ4v) is 1.56. The molecule has 0 unspecified atom stereocenters. The van der Waals surface area contributed by atoms with E-state index in [1.165, 1.54) is 5.00 Å². The summed E-state index contributed by atoms with van der Waals surface area (Å²) in [6, 6.07) is 4.11. The van der Waals surface area contributed by atoms with Gasteiger partial charge in [-0.15, -0.1) is 11.3 Å². The van der Waals surface area contributed by atoms with Gasteiger partial charge >= 0.3 is 0 Å². The Morgan fingerprint density at radius 3 is 3.20 bits per heavy atom. The lowest BCUT2D eigenvalue weighted by Crippen LogP contribution is -2.10. The molecule has 0 radical (unpaired) electrons. The Hall–Kier alpha value is -0.960. The molecule has 52 valence electrons. The van der Waals surface area contributed by atoms with Gasteiger partial charge in [0.2, 0.25) is 0 Å². The van der Waals surface area contributed by atoms with Crippen LogP contribution in [0.15, 0.2) is 30.0 Å². The molecular formula is C7H7NOS. The van der Waals surface area contributed by atoms with Crippen molar-refractivity contribution in [1.29, 1.82) is 0 Å². The maximum absolute atomic E-state index is 5.03. The van der Waals surface area contributed by atoms with E-state index in [4.69, 9.17) is 4.74 Å². The van der Waals surface area contributed by atoms with Crippen LogP contribution in [0.25, 0.3) is 0 Å². The molecule has 0 amide bonds. The number of rotatable bonds is 1. The van der Waals surface area contributed by atoms with Gasteiger partial charge in [0.05, 0.1) is 5.00 Å². The molecule has 2 rings (SSSR count). The first-order valence-corrected chi connectivity index (χ1v) is 3.93. The Morgan fingerprint density at radius 1 is 1.60 bits per heavy atom. The van der Waals surface area contributed by atoms with Crippen LogP contribution in [0.5, 0.6) is 0 Å².